The molecule has 0 amide bonds. The lowest BCUT2D eigenvalue weighted by molar-refractivity contribution is 0.470. The Morgan fingerprint density at radius 2 is 2.44 bits per heavy atom. The van der Waals surface area contributed by atoms with E-state index in [0.717, 1.165) is 0 Å². The molecule has 1 unspecified atom stereocenters. The van der Waals surface area contributed by atoms with Crippen LogP contribution in [0.2, 0.25) is 0 Å². The van der Waals surface area contributed by atoms with Gasteiger partial charge in [-0.1, -0.05) is 0 Å². The number of thiol groups is 2. The lowest BCUT2D eigenvalue weighted by Crippen LogP contribution is -2.36. The minimum atomic E-state index is -0.102. The third-order valence-electron chi connectivity index (χ3n) is 0.927. The molecule has 0 aromatic carbocycles. The first-order chi connectivity index (χ1) is 4.20. The second kappa shape index (κ2) is 2.64. The molecule has 0 saturated carbocycles. The third-order valence-corrected chi connectivity index (χ3v) is 1.61. The van der Waals surface area contributed by atoms with Gasteiger partial charge in [0.1, 0.15) is 11.7 Å². The van der Waals surface area contributed by atoms with E-state index in [2.05, 4.69) is 30.2 Å². The van der Waals surface area contributed by atoms with Gasteiger partial charge in [0.05, 0.1) is 5.03 Å². The molecule has 0 spiro atoms. The van der Waals surface area contributed by atoms with E-state index in [1.54, 1.807) is 6.08 Å². The van der Waals surface area contributed by atoms with Crippen LogP contribution in [0.4, 0.5) is 0 Å². The summed E-state index contributed by atoms with van der Waals surface area (Å²) in [7, 11) is 0. The highest BCUT2D eigenvalue weighted by Crippen LogP contribution is 2.12. The zero-order valence-electron chi connectivity index (χ0n) is 4.60. The van der Waals surface area contributed by atoms with Crippen LogP contribution in [0.25, 0.3) is 0 Å². The van der Waals surface area contributed by atoms with Gasteiger partial charge in [-0.05, 0) is 6.08 Å². The number of nitrogens with zero attached hydrogens (tertiary/aromatic N) is 2. The van der Waals surface area contributed by atoms with Gasteiger partial charge in [-0.15, -0.1) is 25.3 Å². The number of aliphatic imine (C=N–C) groups is 1. The van der Waals surface area contributed by atoms with E-state index < -0.39 is 0 Å². The van der Waals surface area contributed by atoms with Crippen molar-refractivity contribution in [1.82, 2.24) is 5.01 Å². The normalized spacial score (nSPS) is 26.3. The molecular formula is C4H7N3S2. The van der Waals surface area contributed by atoms with Gasteiger partial charge < -0.3 is 0 Å². The monoisotopic (exact) mass is 161 g/mol. The quantitative estimate of drug-likeness (QED) is 0.352. The molecule has 5 heteroatoms. The summed E-state index contributed by atoms with van der Waals surface area (Å²) in [4.78, 5) is 3.81. The lowest BCUT2D eigenvalue weighted by Gasteiger charge is -2.20. The van der Waals surface area contributed by atoms with Crippen LogP contribution in [0.1, 0.15) is 0 Å². The summed E-state index contributed by atoms with van der Waals surface area (Å²) in [6.07, 6.45) is 3.23. The first-order valence-electron chi connectivity index (χ1n) is 2.36. The number of hydrazine groups is 1. The molecule has 0 saturated heterocycles. The van der Waals surface area contributed by atoms with E-state index in [1.807, 2.05) is 0 Å². The summed E-state index contributed by atoms with van der Waals surface area (Å²) >= 11 is 8.09. The predicted molar refractivity (Wildman–Crippen MR) is 44.4 cm³/mol. The average Bonchev–Trinajstić information content (AvgIpc) is 1.80. The minimum absolute atomic E-state index is 0.102. The fourth-order valence-electron chi connectivity index (χ4n) is 0.457. The first-order valence-corrected chi connectivity index (χ1v) is 3.32. The molecule has 0 aliphatic carbocycles. The van der Waals surface area contributed by atoms with E-state index >= 15 is 0 Å². The molecule has 1 aliphatic rings. The molecule has 0 fully saturated rings. The van der Waals surface area contributed by atoms with Crippen molar-refractivity contribution in [1.29, 1.82) is 0 Å². The Labute approximate surface area is 64.4 Å². The molecule has 1 heterocycles. The summed E-state index contributed by atoms with van der Waals surface area (Å²) in [5.74, 6) is 5.37. The Hall–Kier alpha value is -0.130. The highest BCUT2D eigenvalue weighted by molar-refractivity contribution is 7.84. The van der Waals surface area contributed by atoms with Crippen LogP contribution < -0.4 is 5.84 Å². The first kappa shape index (κ1) is 6.98. The standard InChI is InChI=1S/C4H7N3S2/c5-7-2-6-3(8)1-4(7)9/h1-2,4,8-9H,5H2. The summed E-state index contributed by atoms with van der Waals surface area (Å²) in [6.45, 7) is 0. The maximum absolute atomic E-state index is 5.37. The van der Waals surface area contributed by atoms with E-state index in [9.17, 15) is 0 Å². The van der Waals surface area contributed by atoms with Crippen LogP contribution in [0.3, 0.4) is 0 Å². The summed E-state index contributed by atoms with van der Waals surface area (Å²) in [6, 6.07) is 0. The van der Waals surface area contributed by atoms with Crippen LogP contribution in [0.15, 0.2) is 16.1 Å². The van der Waals surface area contributed by atoms with Gasteiger partial charge in [0, 0.05) is 0 Å². The Balaban J connectivity index is 2.70. The molecule has 1 rings (SSSR count). The van der Waals surface area contributed by atoms with Crippen LogP contribution in [0.5, 0.6) is 0 Å². The SMILES string of the molecule is NN1C=NC(S)=CC1S. The molecule has 50 valence electrons. The Kier molecular flexibility index (Phi) is 2.05. The van der Waals surface area contributed by atoms with E-state index in [4.69, 9.17) is 5.84 Å². The van der Waals surface area contributed by atoms with Gasteiger partial charge in [-0.25, -0.2) is 10.8 Å². The fraction of sp³-hybridized carbons (Fsp3) is 0.250. The van der Waals surface area contributed by atoms with E-state index in [-0.39, 0.29) is 5.37 Å². The number of hydrogen-bond acceptors (Lipinski definition) is 5. The maximum atomic E-state index is 5.37. The van der Waals surface area contributed by atoms with Crippen molar-refractivity contribution < 1.29 is 0 Å². The highest BCUT2D eigenvalue weighted by atomic mass is 32.1. The second-order valence-electron chi connectivity index (χ2n) is 1.63. The van der Waals surface area contributed by atoms with Crippen LogP contribution in [-0.4, -0.2) is 16.7 Å². The minimum Gasteiger partial charge on any atom is -0.284 e. The zero-order valence-corrected chi connectivity index (χ0v) is 6.39. The molecule has 1 aliphatic heterocycles. The van der Waals surface area contributed by atoms with Crippen LogP contribution in [0, 0.1) is 0 Å². The smallest absolute Gasteiger partial charge is 0.110 e. The Morgan fingerprint density at radius 1 is 1.78 bits per heavy atom. The van der Waals surface area contributed by atoms with E-state index in [0.29, 0.717) is 5.03 Å². The molecular weight excluding hydrogens is 154 g/mol. The maximum Gasteiger partial charge on any atom is 0.110 e. The van der Waals surface area contributed by atoms with Crippen LogP contribution in [-0.2, 0) is 0 Å². The fourth-order valence-corrected chi connectivity index (χ4v) is 0.968. The predicted octanol–water partition coefficient (Wildman–Crippen LogP) is 0.231. The Bertz CT molecular complexity index is 165. The topological polar surface area (TPSA) is 41.6 Å². The lowest BCUT2D eigenvalue weighted by atomic mass is 10.5. The molecule has 0 aromatic rings. The van der Waals surface area contributed by atoms with Gasteiger partial charge in [0.25, 0.3) is 0 Å². The third kappa shape index (κ3) is 1.64. The highest BCUT2D eigenvalue weighted by Gasteiger charge is 2.07. The van der Waals surface area contributed by atoms with Crippen molar-refractivity contribution >= 4 is 31.6 Å². The van der Waals surface area contributed by atoms with Crippen molar-refractivity contribution in [3.63, 3.8) is 0 Å². The molecule has 0 aromatic heterocycles. The van der Waals surface area contributed by atoms with Gasteiger partial charge >= 0.3 is 0 Å². The van der Waals surface area contributed by atoms with Crippen molar-refractivity contribution in [3.8, 4) is 0 Å². The second-order valence-corrected chi connectivity index (χ2v) is 2.62. The number of hydrogen-bond donors (Lipinski definition) is 3. The van der Waals surface area contributed by atoms with Crippen molar-refractivity contribution in [2.45, 2.75) is 5.37 Å². The molecule has 0 bridgehead atoms. The van der Waals surface area contributed by atoms with Gasteiger partial charge in [-0.3, -0.25) is 5.01 Å². The molecule has 2 N–H and O–H groups in total. The summed E-state index contributed by atoms with van der Waals surface area (Å²) in [5.41, 5.74) is 0. The average molecular weight is 161 g/mol. The Morgan fingerprint density at radius 3 is 2.89 bits per heavy atom. The summed E-state index contributed by atoms with van der Waals surface area (Å²) < 4.78 is 0. The number of rotatable bonds is 0. The zero-order chi connectivity index (χ0) is 6.85. The van der Waals surface area contributed by atoms with Gasteiger partial charge in [0.15, 0.2) is 0 Å². The number of nitrogens with two attached hydrogens (primary N) is 1. The van der Waals surface area contributed by atoms with Gasteiger partial charge in [0.2, 0.25) is 0 Å². The molecule has 0 radical (unpaired) electrons. The largest absolute Gasteiger partial charge is 0.284 e. The van der Waals surface area contributed by atoms with Crippen molar-refractivity contribution in [2.24, 2.45) is 10.8 Å². The molecule has 1 atom stereocenters. The molecule has 9 heavy (non-hydrogen) atoms. The van der Waals surface area contributed by atoms with Gasteiger partial charge in [-0.2, -0.15) is 0 Å². The summed E-state index contributed by atoms with van der Waals surface area (Å²) in [5, 5.41) is 1.94. The van der Waals surface area contributed by atoms with Crippen molar-refractivity contribution in [3.05, 3.63) is 11.1 Å². The molecule has 3 nitrogen and oxygen atoms in total. The van der Waals surface area contributed by atoms with Crippen LogP contribution >= 0.6 is 25.3 Å². The van der Waals surface area contributed by atoms with E-state index in [1.165, 1.54) is 11.3 Å². The van der Waals surface area contributed by atoms with Crippen molar-refractivity contribution in [2.75, 3.05) is 0 Å².